The lowest BCUT2D eigenvalue weighted by atomic mass is 10.1. The Morgan fingerprint density at radius 2 is 1.58 bits per heavy atom. The Bertz CT molecular complexity index is 1290. The zero-order valence-electron chi connectivity index (χ0n) is 21.5. The summed E-state index contributed by atoms with van der Waals surface area (Å²) >= 11 is 0. The van der Waals surface area contributed by atoms with Gasteiger partial charge in [0, 0.05) is 45.3 Å². The van der Waals surface area contributed by atoms with Crippen LogP contribution in [0.4, 0.5) is 0 Å². The Kier molecular flexibility index (Phi) is 7.25. The van der Waals surface area contributed by atoms with E-state index in [0.717, 1.165) is 32.7 Å². The van der Waals surface area contributed by atoms with E-state index in [1.54, 1.807) is 8.99 Å². The van der Waals surface area contributed by atoms with Crippen molar-refractivity contribution < 1.29 is 8.42 Å². The first-order valence-corrected chi connectivity index (χ1v) is 14.3. The Morgan fingerprint density at radius 3 is 2.31 bits per heavy atom. The molecule has 2 aliphatic rings. The fraction of sp³-hybridized carbons (Fsp3) is 0.481. The molecule has 3 heterocycles. The van der Waals surface area contributed by atoms with Crippen LogP contribution in [0, 0.1) is 20.8 Å². The molecule has 3 aromatic rings. The van der Waals surface area contributed by atoms with Crippen LogP contribution in [0.15, 0.2) is 48.7 Å². The van der Waals surface area contributed by atoms with Crippen LogP contribution in [0.5, 0.6) is 0 Å². The molecule has 0 aliphatic carbocycles. The molecule has 192 valence electrons. The van der Waals surface area contributed by atoms with Gasteiger partial charge in [0.2, 0.25) is 10.0 Å². The van der Waals surface area contributed by atoms with E-state index < -0.39 is 10.0 Å². The average molecular weight is 509 g/mol. The number of hydrogen-bond acceptors (Lipinski definition) is 6. The number of benzene rings is 2. The van der Waals surface area contributed by atoms with Crippen LogP contribution in [0.3, 0.4) is 0 Å². The van der Waals surface area contributed by atoms with Crippen LogP contribution in [0.25, 0.3) is 0 Å². The standard InChI is InChI=1S/C27H36N6O2S/c1-21-5-4-6-24(12-21)15-30-7-9-31(10-8-30)27-19-33(36(34,35)20-27)18-26-17-32(29-28-26)16-25-13-22(2)11-23(3)14-25/h4-6,11-14,17,27H,7-10,15-16,18-20H2,1-3H3. The molecule has 0 radical (unpaired) electrons. The number of nitrogens with zero attached hydrogens (tertiary/aromatic N) is 6. The maximum atomic E-state index is 13.0. The number of rotatable bonds is 7. The molecule has 9 heteroatoms. The summed E-state index contributed by atoms with van der Waals surface area (Å²) in [5, 5.41) is 8.51. The quantitative estimate of drug-likeness (QED) is 0.489. The zero-order chi connectivity index (χ0) is 25.3. The van der Waals surface area contributed by atoms with E-state index in [1.807, 2.05) is 6.20 Å². The van der Waals surface area contributed by atoms with Crippen molar-refractivity contribution in [2.24, 2.45) is 0 Å². The van der Waals surface area contributed by atoms with Crippen molar-refractivity contribution in [3.8, 4) is 0 Å². The summed E-state index contributed by atoms with van der Waals surface area (Å²) in [6.45, 7) is 12.4. The van der Waals surface area contributed by atoms with Crippen molar-refractivity contribution in [3.05, 3.63) is 82.2 Å². The molecule has 1 aromatic heterocycles. The van der Waals surface area contributed by atoms with Crippen LogP contribution in [-0.2, 0) is 29.7 Å². The van der Waals surface area contributed by atoms with Gasteiger partial charge in [-0.1, -0.05) is 64.4 Å². The Labute approximate surface area is 214 Å². The van der Waals surface area contributed by atoms with Crippen molar-refractivity contribution >= 4 is 10.0 Å². The number of aryl methyl sites for hydroxylation is 3. The van der Waals surface area contributed by atoms with Crippen LogP contribution in [0.1, 0.15) is 33.5 Å². The molecular formula is C27H36N6O2S. The van der Waals surface area contributed by atoms with Crippen molar-refractivity contribution in [2.45, 2.75) is 46.4 Å². The minimum atomic E-state index is -3.31. The van der Waals surface area contributed by atoms with Crippen LogP contribution >= 0.6 is 0 Å². The Morgan fingerprint density at radius 1 is 0.861 bits per heavy atom. The summed E-state index contributed by atoms with van der Waals surface area (Å²) in [4.78, 5) is 4.81. The largest absolute Gasteiger partial charge is 0.297 e. The molecule has 36 heavy (non-hydrogen) atoms. The number of piperazine rings is 1. The van der Waals surface area contributed by atoms with E-state index in [0.29, 0.717) is 18.8 Å². The van der Waals surface area contributed by atoms with E-state index in [-0.39, 0.29) is 18.3 Å². The van der Waals surface area contributed by atoms with E-state index in [2.05, 4.69) is 83.3 Å². The van der Waals surface area contributed by atoms with Gasteiger partial charge in [-0.25, -0.2) is 13.1 Å². The second-order valence-corrected chi connectivity index (χ2v) is 12.4. The molecule has 0 N–H and O–H groups in total. The fourth-order valence-corrected chi connectivity index (χ4v) is 7.25. The Balaban J connectivity index is 1.15. The van der Waals surface area contributed by atoms with Crippen molar-refractivity contribution in [1.29, 1.82) is 0 Å². The van der Waals surface area contributed by atoms with Gasteiger partial charge in [-0.05, 0) is 31.9 Å². The molecular weight excluding hydrogens is 472 g/mol. The lowest BCUT2D eigenvalue weighted by molar-refractivity contribution is 0.0966. The van der Waals surface area contributed by atoms with Crippen molar-refractivity contribution in [3.63, 3.8) is 0 Å². The minimum Gasteiger partial charge on any atom is -0.297 e. The molecule has 0 bridgehead atoms. The van der Waals surface area contributed by atoms with Gasteiger partial charge >= 0.3 is 0 Å². The first-order valence-electron chi connectivity index (χ1n) is 12.7. The third-order valence-corrected chi connectivity index (χ3v) is 9.04. The van der Waals surface area contributed by atoms with E-state index >= 15 is 0 Å². The predicted molar refractivity (Wildman–Crippen MR) is 141 cm³/mol. The highest BCUT2D eigenvalue weighted by atomic mass is 32.2. The molecule has 0 amide bonds. The summed E-state index contributed by atoms with van der Waals surface area (Å²) in [5.74, 6) is 0.182. The summed E-state index contributed by atoms with van der Waals surface area (Å²) in [6.07, 6.45) is 1.87. The highest BCUT2D eigenvalue weighted by molar-refractivity contribution is 7.89. The molecule has 2 aromatic carbocycles. The summed E-state index contributed by atoms with van der Waals surface area (Å²) in [7, 11) is -3.31. The number of hydrogen-bond donors (Lipinski definition) is 0. The van der Waals surface area contributed by atoms with Gasteiger partial charge in [0.25, 0.3) is 0 Å². The highest BCUT2D eigenvalue weighted by Crippen LogP contribution is 2.23. The maximum Gasteiger partial charge on any atom is 0.216 e. The van der Waals surface area contributed by atoms with Gasteiger partial charge in [0.05, 0.1) is 30.7 Å². The maximum absolute atomic E-state index is 13.0. The van der Waals surface area contributed by atoms with Crippen LogP contribution in [0.2, 0.25) is 0 Å². The first kappa shape index (κ1) is 25.1. The molecule has 5 rings (SSSR count). The lowest BCUT2D eigenvalue weighted by Gasteiger charge is -2.37. The van der Waals surface area contributed by atoms with Gasteiger partial charge in [-0.2, -0.15) is 4.31 Å². The molecule has 8 nitrogen and oxygen atoms in total. The van der Waals surface area contributed by atoms with Crippen LogP contribution in [-0.4, -0.2) is 82.0 Å². The van der Waals surface area contributed by atoms with Crippen LogP contribution < -0.4 is 0 Å². The second kappa shape index (κ2) is 10.4. The second-order valence-electron chi connectivity index (χ2n) is 10.4. The number of aromatic nitrogens is 3. The molecule has 2 aliphatic heterocycles. The molecule has 0 spiro atoms. The number of sulfonamides is 1. The Hall–Kier alpha value is -2.59. The van der Waals surface area contributed by atoms with Gasteiger partial charge in [0.1, 0.15) is 0 Å². The molecule has 1 unspecified atom stereocenters. The molecule has 2 saturated heterocycles. The van der Waals surface area contributed by atoms with E-state index in [1.165, 1.54) is 27.8 Å². The smallest absolute Gasteiger partial charge is 0.216 e. The summed E-state index contributed by atoms with van der Waals surface area (Å²) in [5.41, 5.74) is 6.91. The van der Waals surface area contributed by atoms with Gasteiger partial charge in [0.15, 0.2) is 0 Å². The van der Waals surface area contributed by atoms with Gasteiger partial charge in [-0.15, -0.1) is 5.10 Å². The predicted octanol–water partition coefficient (Wildman–Crippen LogP) is 2.58. The monoisotopic (exact) mass is 508 g/mol. The minimum absolute atomic E-state index is 0.0291. The third-order valence-electron chi connectivity index (χ3n) is 7.17. The normalized spacial score (nSPS) is 21.2. The lowest BCUT2D eigenvalue weighted by Crippen LogP contribution is -2.51. The topological polar surface area (TPSA) is 74.6 Å². The van der Waals surface area contributed by atoms with E-state index in [9.17, 15) is 8.42 Å². The van der Waals surface area contributed by atoms with E-state index in [4.69, 9.17) is 0 Å². The third kappa shape index (κ3) is 6.03. The first-order chi connectivity index (χ1) is 17.2. The molecule has 2 fully saturated rings. The fourth-order valence-electron chi connectivity index (χ4n) is 5.51. The van der Waals surface area contributed by atoms with Crippen molar-refractivity contribution in [1.82, 2.24) is 29.1 Å². The summed E-state index contributed by atoms with van der Waals surface area (Å²) < 4.78 is 29.3. The SMILES string of the molecule is Cc1cccc(CN2CCN(C3CN(Cc4cn(Cc5cc(C)cc(C)c5)nn4)S(=O)(=O)C3)CC2)c1. The van der Waals surface area contributed by atoms with Gasteiger partial charge < -0.3 is 0 Å². The highest BCUT2D eigenvalue weighted by Gasteiger charge is 2.40. The van der Waals surface area contributed by atoms with Crippen molar-refractivity contribution in [2.75, 3.05) is 38.5 Å². The van der Waals surface area contributed by atoms with Gasteiger partial charge in [-0.3, -0.25) is 9.80 Å². The zero-order valence-corrected chi connectivity index (χ0v) is 22.3. The molecule has 1 atom stereocenters. The summed E-state index contributed by atoms with van der Waals surface area (Å²) in [6, 6.07) is 15.1. The molecule has 0 saturated carbocycles. The average Bonchev–Trinajstić information content (AvgIpc) is 3.37.